The number of rotatable bonds is 3. The van der Waals surface area contributed by atoms with Crippen molar-refractivity contribution < 1.29 is 9.66 Å². The zero-order valence-electron chi connectivity index (χ0n) is 13.2. The number of ether oxygens (including phenoxy) is 1. The van der Waals surface area contributed by atoms with Crippen molar-refractivity contribution >= 4 is 11.4 Å². The highest BCUT2D eigenvalue weighted by molar-refractivity contribution is 5.71. The third-order valence-corrected chi connectivity index (χ3v) is 4.89. The van der Waals surface area contributed by atoms with Gasteiger partial charge in [-0.25, -0.2) is 0 Å². The van der Waals surface area contributed by atoms with Gasteiger partial charge < -0.3 is 10.1 Å². The molecule has 1 aromatic heterocycles. The maximum atomic E-state index is 11.2. The lowest BCUT2D eigenvalue weighted by Crippen LogP contribution is -2.29. The van der Waals surface area contributed by atoms with E-state index in [9.17, 15) is 10.1 Å². The van der Waals surface area contributed by atoms with Crippen molar-refractivity contribution in [2.45, 2.75) is 18.4 Å². The topological polar surface area (TPSA) is 77.3 Å². The van der Waals surface area contributed by atoms with Crippen LogP contribution in [0.1, 0.15) is 29.5 Å². The number of pyridine rings is 1. The molecule has 1 aliphatic carbocycles. The summed E-state index contributed by atoms with van der Waals surface area (Å²) in [7, 11) is 1.54. The minimum absolute atomic E-state index is 0.0614. The summed E-state index contributed by atoms with van der Waals surface area (Å²) in [5.74, 6) is 0.959. The van der Waals surface area contributed by atoms with Crippen LogP contribution in [0, 0.1) is 16.0 Å². The molecule has 1 N–H and O–H groups in total. The van der Waals surface area contributed by atoms with E-state index in [4.69, 9.17) is 4.74 Å². The summed E-state index contributed by atoms with van der Waals surface area (Å²) in [6.45, 7) is 0. The van der Waals surface area contributed by atoms with E-state index >= 15 is 0 Å². The summed E-state index contributed by atoms with van der Waals surface area (Å²) in [5.41, 5.74) is 2.94. The number of aromatic nitrogens is 1. The lowest BCUT2D eigenvalue weighted by Gasteiger charge is -2.37. The van der Waals surface area contributed by atoms with E-state index in [0.717, 1.165) is 23.2 Å². The molecule has 0 saturated heterocycles. The van der Waals surface area contributed by atoms with E-state index in [2.05, 4.69) is 28.5 Å². The highest BCUT2D eigenvalue weighted by Crippen LogP contribution is 2.53. The van der Waals surface area contributed by atoms with Crippen molar-refractivity contribution in [1.82, 2.24) is 4.98 Å². The van der Waals surface area contributed by atoms with Crippen LogP contribution in [0.25, 0.3) is 0 Å². The fourth-order valence-corrected chi connectivity index (χ4v) is 3.81. The van der Waals surface area contributed by atoms with Gasteiger partial charge in [-0.05, 0) is 29.5 Å². The van der Waals surface area contributed by atoms with Crippen LogP contribution in [0.15, 0.2) is 48.8 Å². The molecule has 2 heterocycles. The van der Waals surface area contributed by atoms with Crippen molar-refractivity contribution in [1.29, 1.82) is 0 Å². The monoisotopic (exact) mass is 323 g/mol. The Morgan fingerprint density at radius 1 is 1.42 bits per heavy atom. The Labute approximate surface area is 139 Å². The Morgan fingerprint density at radius 3 is 3.00 bits per heavy atom. The second-order valence-corrected chi connectivity index (χ2v) is 6.13. The lowest BCUT2D eigenvalue weighted by atomic mass is 9.77. The second kappa shape index (κ2) is 5.63. The van der Waals surface area contributed by atoms with E-state index in [1.54, 1.807) is 12.3 Å². The summed E-state index contributed by atoms with van der Waals surface area (Å²) in [6.07, 6.45) is 8.86. The van der Waals surface area contributed by atoms with Crippen LogP contribution < -0.4 is 10.1 Å². The summed E-state index contributed by atoms with van der Waals surface area (Å²) in [5, 5.41) is 14.8. The predicted octanol–water partition coefficient (Wildman–Crippen LogP) is 3.82. The number of nitro benzene ring substituents is 1. The Bertz CT molecular complexity index is 820. The SMILES string of the molecule is COc1cc([N+](=O)[O-])cc2c1N[C@@H](c1cccnc1)[C@H]1CC=C[C@H]21. The molecular formula is C18H17N3O3. The van der Waals surface area contributed by atoms with Gasteiger partial charge in [-0.3, -0.25) is 15.1 Å². The van der Waals surface area contributed by atoms with Gasteiger partial charge in [0.25, 0.3) is 5.69 Å². The fourth-order valence-electron chi connectivity index (χ4n) is 3.81. The summed E-state index contributed by atoms with van der Waals surface area (Å²) < 4.78 is 5.43. The van der Waals surface area contributed by atoms with Gasteiger partial charge >= 0.3 is 0 Å². The Balaban J connectivity index is 1.86. The van der Waals surface area contributed by atoms with Crippen LogP contribution in [-0.2, 0) is 0 Å². The lowest BCUT2D eigenvalue weighted by molar-refractivity contribution is -0.385. The van der Waals surface area contributed by atoms with Gasteiger partial charge in [0.1, 0.15) is 5.75 Å². The van der Waals surface area contributed by atoms with Gasteiger partial charge in [0.05, 0.1) is 29.8 Å². The predicted molar refractivity (Wildman–Crippen MR) is 90.2 cm³/mol. The van der Waals surface area contributed by atoms with E-state index in [1.807, 2.05) is 12.3 Å². The largest absolute Gasteiger partial charge is 0.494 e. The van der Waals surface area contributed by atoms with Crippen LogP contribution in [0.3, 0.4) is 0 Å². The van der Waals surface area contributed by atoms with E-state index in [0.29, 0.717) is 11.7 Å². The fraction of sp³-hybridized carbons (Fsp3) is 0.278. The zero-order chi connectivity index (χ0) is 16.7. The van der Waals surface area contributed by atoms with Crippen molar-refractivity contribution in [3.8, 4) is 5.75 Å². The summed E-state index contributed by atoms with van der Waals surface area (Å²) in [4.78, 5) is 15.1. The van der Waals surface area contributed by atoms with Crippen LogP contribution in [0.5, 0.6) is 5.75 Å². The van der Waals surface area contributed by atoms with Crippen LogP contribution in [0.2, 0.25) is 0 Å². The average molecular weight is 323 g/mol. The summed E-state index contributed by atoms with van der Waals surface area (Å²) in [6, 6.07) is 7.23. The van der Waals surface area contributed by atoms with Crippen molar-refractivity contribution in [3.05, 3.63) is 70.1 Å². The van der Waals surface area contributed by atoms with Crippen molar-refractivity contribution in [2.75, 3.05) is 12.4 Å². The third kappa shape index (κ3) is 2.22. The minimum atomic E-state index is -0.371. The van der Waals surface area contributed by atoms with Gasteiger partial charge in [0.2, 0.25) is 0 Å². The van der Waals surface area contributed by atoms with E-state index < -0.39 is 0 Å². The molecule has 6 nitrogen and oxygen atoms in total. The molecule has 0 fully saturated rings. The third-order valence-electron chi connectivity index (χ3n) is 4.89. The number of fused-ring (bicyclic) bond motifs is 3. The number of hydrogen-bond donors (Lipinski definition) is 1. The second-order valence-electron chi connectivity index (χ2n) is 6.13. The molecule has 6 heteroatoms. The van der Waals surface area contributed by atoms with Crippen molar-refractivity contribution in [2.24, 2.45) is 5.92 Å². The number of nitro groups is 1. The molecule has 0 unspecified atom stereocenters. The molecule has 1 aliphatic heterocycles. The number of nitrogens with one attached hydrogen (secondary N) is 1. The zero-order valence-corrected chi connectivity index (χ0v) is 13.2. The first kappa shape index (κ1) is 14.7. The smallest absolute Gasteiger partial charge is 0.273 e. The van der Waals surface area contributed by atoms with Crippen LogP contribution in [0.4, 0.5) is 11.4 Å². The molecule has 1 aromatic carbocycles. The number of benzene rings is 1. The molecule has 0 radical (unpaired) electrons. The molecule has 24 heavy (non-hydrogen) atoms. The van der Waals surface area contributed by atoms with Crippen LogP contribution >= 0.6 is 0 Å². The Morgan fingerprint density at radius 2 is 2.29 bits per heavy atom. The molecule has 0 spiro atoms. The Hall–Kier alpha value is -2.89. The molecule has 4 rings (SSSR count). The number of non-ortho nitro benzene ring substituents is 1. The first-order valence-corrected chi connectivity index (χ1v) is 7.88. The molecule has 3 atom stereocenters. The minimum Gasteiger partial charge on any atom is -0.494 e. The molecule has 2 aromatic rings. The number of methoxy groups -OCH3 is 1. The maximum Gasteiger partial charge on any atom is 0.273 e. The van der Waals surface area contributed by atoms with Crippen molar-refractivity contribution in [3.63, 3.8) is 0 Å². The number of allylic oxidation sites excluding steroid dienone is 2. The van der Waals surface area contributed by atoms with Crippen LogP contribution in [-0.4, -0.2) is 17.0 Å². The quantitative estimate of drug-likeness (QED) is 0.528. The molecule has 2 aliphatic rings. The molecular weight excluding hydrogens is 306 g/mol. The van der Waals surface area contributed by atoms with Gasteiger partial charge in [0.15, 0.2) is 0 Å². The van der Waals surface area contributed by atoms with Gasteiger partial charge in [-0.15, -0.1) is 0 Å². The number of anilines is 1. The molecule has 0 saturated carbocycles. The van der Waals surface area contributed by atoms with Gasteiger partial charge in [-0.1, -0.05) is 18.2 Å². The van der Waals surface area contributed by atoms with Gasteiger partial charge in [-0.2, -0.15) is 0 Å². The number of nitrogens with zero attached hydrogens (tertiary/aromatic N) is 2. The molecule has 0 bridgehead atoms. The molecule has 122 valence electrons. The normalized spacial score (nSPS) is 24.0. The molecule has 0 amide bonds. The van der Waals surface area contributed by atoms with E-state index in [1.165, 1.54) is 13.2 Å². The highest BCUT2D eigenvalue weighted by Gasteiger charge is 2.40. The van der Waals surface area contributed by atoms with Gasteiger partial charge in [0, 0.05) is 24.4 Å². The van der Waals surface area contributed by atoms with E-state index in [-0.39, 0.29) is 22.6 Å². The first-order valence-electron chi connectivity index (χ1n) is 7.88. The Kier molecular flexibility index (Phi) is 3.45. The summed E-state index contributed by atoms with van der Waals surface area (Å²) >= 11 is 0. The number of hydrogen-bond acceptors (Lipinski definition) is 5. The standard InChI is InChI=1S/C18H17N3O3/c1-24-16-9-12(21(22)23)8-15-13-5-2-6-14(13)17(20-18(15)16)11-4-3-7-19-10-11/h2-5,7-10,13-14,17,20H,6H2,1H3/t13-,14-,17-/m0/s1. The average Bonchev–Trinajstić information content (AvgIpc) is 3.10. The first-order chi connectivity index (χ1) is 11.7. The maximum absolute atomic E-state index is 11.2. The highest BCUT2D eigenvalue weighted by atomic mass is 16.6.